The molecule has 164 valence electrons. The average molecular weight is 460 g/mol. The number of nitriles is 1. The fourth-order valence-corrected chi connectivity index (χ4v) is 3.73. The first-order chi connectivity index (χ1) is 16.1. The van der Waals surface area contributed by atoms with Gasteiger partial charge in [-0.1, -0.05) is 30.0 Å². The first kappa shape index (κ1) is 22.0. The van der Waals surface area contributed by atoms with Crippen molar-refractivity contribution in [2.75, 3.05) is 11.1 Å². The number of hydrogen-bond donors (Lipinski definition) is 1. The molecule has 4 rings (SSSR count). The van der Waals surface area contributed by atoms with E-state index in [1.807, 2.05) is 34.9 Å². The Bertz CT molecular complexity index is 1270. The van der Waals surface area contributed by atoms with Gasteiger partial charge in [0.1, 0.15) is 18.2 Å². The second kappa shape index (κ2) is 10.4. The highest BCUT2D eigenvalue weighted by atomic mass is 32.2. The number of thioether (sulfide) groups is 1. The van der Waals surface area contributed by atoms with E-state index in [0.29, 0.717) is 28.0 Å². The largest absolute Gasteiger partial charge is 0.486 e. The molecule has 0 aliphatic heterocycles. The number of carbonyl (C=O) groups excluding carboxylic acids is 1. The van der Waals surface area contributed by atoms with Gasteiger partial charge in [-0.15, -0.1) is 10.2 Å². The van der Waals surface area contributed by atoms with Crippen LogP contribution in [0.2, 0.25) is 0 Å². The number of nitrogens with zero attached hydrogens (tertiary/aromatic N) is 4. The molecule has 0 aliphatic rings. The van der Waals surface area contributed by atoms with Crippen LogP contribution in [-0.4, -0.2) is 26.4 Å². The number of amides is 1. The molecule has 0 unspecified atom stereocenters. The van der Waals surface area contributed by atoms with Crippen LogP contribution in [0.3, 0.4) is 0 Å². The number of benzene rings is 3. The van der Waals surface area contributed by atoms with Crippen LogP contribution >= 0.6 is 11.8 Å². The van der Waals surface area contributed by atoms with Crippen LogP contribution < -0.4 is 10.1 Å². The Balaban J connectivity index is 1.48. The van der Waals surface area contributed by atoms with Crippen molar-refractivity contribution in [3.63, 3.8) is 0 Å². The quantitative estimate of drug-likeness (QED) is 0.388. The number of ether oxygens (including phenoxy) is 1. The van der Waals surface area contributed by atoms with Crippen molar-refractivity contribution >= 4 is 23.4 Å². The fraction of sp³-hybridized carbons (Fsp3) is 0.0833. The summed E-state index contributed by atoms with van der Waals surface area (Å²) >= 11 is 1.23. The van der Waals surface area contributed by atoms with Crippen LogP contribution in [0.1, 0.15) is 11.4 Å². The molecule has 1 aromatic heterocycles. The summed E-state index contributed by atoms with van der Waals surface area (Å²) in [6, 6.07) is 24.0. The summed E-state index contributed by atoms with van der Waals surface area (Å²) in [4.78, 5) is 12.4. The lowest BCUT2D eigenvalue weighted by atomic mass is 10.2. The van der Waals surface area contributed by atoms with Gasteiger partial charge in [-0.25, -0.2) is 4.39 Å². The van der Waals surface area contributed by atoms with Crippen molar-refractivity contribution in [3.05, 3.63) is 96.1 Å². The monoisotopic (exact) mass is 459 g/mol. The van der Waals surface area contributed by atoms with E-state index in [-0.39, 0.29) is 24.1 Å². The van der Waals surface area contributed by atoms with Gasteiger partial charge in [0.2, 0.25) is 5.91 Å². The van der Waals surface area contributed by atoms with E-state index < -0.39 is 0 Å². The normalized spacial score (nSPS) is 10.4. The maximum Gasteiger partial charge on any atom is 0.234 e. The zero-order valence-electron chi connectivity index (χ0n) is 17.3. The van der Waals surface area contributed by atoms with Gasteiger partial charge in [-0.2, -0.15) is 5.26 Å². The molecule has 3 aromatic carbocycles. The van der Waals surface area contributed by atoms with E-state index >= 15 is 0 Å². The van der Waals surface area contributed by atoms with Gasteiger partial charge in [0, 0.05) is 11.4 Å². The molecule has 7 nitrogen and oxygen atoms in total. The van der Waals surface area contributed by atoms with Crippen molar-refractivity contribution in [2.24, 2.45) is 0 Å². The van der Waals surface area contributed by atoms with E-state index in [4.69, 9.17) is 10.00 Å². The van der Waals surface area contributed by atoms with E-state index in [1.54, 1.807) is 24.3 Å². The van der Waals surface area contributed by atoms with E-state index in [0.717, 1.165) is 5.69 Å². The van der Waals surface area contributed by atoms with Gasteiger partial charge in [0.05, 0.1) is 17.4 Å². The highest BCUT2D eigenvalue weighted by molar-refractivity contribution is 7.99. The number of rotatable bonds is 8. The molecule has 0 saturated carbocycles. The highest BCUT2D eigenvalue weighted by Gasteiger charge is 2.16. The topological polar surface area (TPSA) is 92.8 Å². The van der Waals surface area contributed by atoms with Gasteiger partial charge < -0.3 is 10.1 Å². The number of halogens is 1. The van der Waals surface area contributed by atoms with Gasteiger partial charge >= 0.3 is 0 Å². The van der Waals surface area contributed by atoms with Crippen molar-refractivity contribution in [1.29, 1.82) is 5.26 Å². The van der Waals surface area contributed by atoms with E-state index in [9.17, 15) is 9.18 Å². The molecule has 33 heavy (non-hydrogen) atoms. The van der Waals surface area contributed by atoms with Crippen molar-refractivity contribution in [1.82, 2.24) is 14.8 Å². The molecule has 0 bridgehead atoms. The van der Waals surface area contributed by atoms with Crippen LogP contribution in [0.4, 0.5) is 10.1 Å². The molecular weight excluding hydrogens is 441 g/mol. The number of carbonyl (C=O) groups is 1. The molecule has 0 radical (unpaired) electrons. The maximum absolute atomic E-state index is 13.0. The molecule has 1 heterocycles. The Hall–Kier alpha value is -4.16. The van der Waals surface area contributed by atoms with Gasteiger partial charge in [0.15, 0.2) is 11.0 Å². The second-order valence-electron chi connectivity index (χ2n) is 6.84. The Morgan fingerprint density at radius 3 is 2.45 bits per heavy atom. The molecule has 4 aromatic rings. The number of nitrogens with one attached hydrogen (secondary N) is 1. The van der Waals surface area contributed by atoms with Gasteiger partial charge in [-0.05, 0) is 60.7 Å². The van der Waals surface area contributed by atoms with Crippen LogP contribution in [0.15, 0.2) is 84.0 Å². The standard InChI is InChI=1S/C24H18FN5O2S/c25-18-8-10-19(11-9-18)27-23(31)16-33-24-29-28-22(30(24)20-4-2-1-3-5-20)15-32-21-12-6-17(14-26)7-13-21/h1-13H,15-16H2,(H,27,31). The highest BCUT2D eigenvalue weighted by Crippen LogP contribution is 2.23. The Morgan fingerprint density at radius 2 is 1.76 bits per heavy atom. The minimum absolute atomic E-state index is 0.0961. The van der Waals surface area contributed by atoms with Crippen LogP contribution in [0, 0.1) is 17.1 Å². The van der Waals surface area contributed by atoms with Crippen LogP contribution in [0.25, 0.3) is 5.69 Å². The van der Waals surface area contributed by atoms with E-state index in [1.165, 1.54) is 36.0 Å². The molecule has 0 fully saturated rings. The predicted molar refractivity (Wildman–Crippen MR) is 123 cm³/mol. The Morgan fingerprint density at radius 1 is 1.03 bits per heavy atom. The Labute approximate surface area is 193 Å². The second-order valence-corrected chi connectivity index (χ2v) is 7.78. The third-order valence-electron chi connectivity index (χ3n) is 4.53. The lowest BCUT2D eigenvalue weighted by molar-refractivity contribution is -0.113. The third-order valence-corrected chi connectivity index (χ3v) is 5.46. The SMILES string of the molecule is N#Cc1ccc(OCc2nnc(SCC(=O)Nc3ccc(F)cc3)n2-c2ccccc2)cc1. The fourth-order valence-electron chi connectivity index (χ4n) is 2.96. The lowest BCUT2D eigenvalue weighted by Gasteiger charge is -2.11. The molecular formula is C24H18FN5O2S. The predicted octanol–water partition coefficient (Wildman–Crippen LogP) is 4.59. The molecule has 0 atom stereocenters. The zero-order chi connectivity index (χ0) is 23.0. The third kappa shape index (κ3) is 5.75. The van der Waals surface area contributed by atoms with Gasteiger partial charge in [0.25, 0.3) is 0 Å². The minimum atomic E-state index is -0.367. The minimum Gasteiger partial charge on any atom is -0.486 e. The van der Waals surface area contributed by atoms with Crippen molar-refractivity contribution < 1.29 is 13.9 Å². The number of hydrogen-bond acceptors (Lipinski definition) is 6. The summed E-state index contributed by atoms with van der Waals surface area (Å²) in [6.07, 6.45) is 0. The molecule has 0 aliphatic carbocycles. The summed E-state index contributed by atoms with van der Waals surface area (Å²) in [6.45, 7) is 0.149. The van der Waals surface area contributed by atoms with Crippen molar-refractivity contribution in [3.8, 4) is 17.5 Å². The molecule has 1 N–H and O–H groups in total. The summed E-state index contributed by atoms with van der Waals surface area (Å²) < 4.78 is 20.7. The molecule has 9 heteroatoms. The van der Waals surface area contributed by atoms with Gasteiger partial charge in [-0.3, -0.25) is 9.36 Å². The molecule has 1 amide bonds. The smallest absolute Gasteiger partial charge is 0.234 e. The number of anilines is 1. The summed E-state index contributed by atoms with van der Waals surface area (Å²) in [5, 5.41) is 20.7. The lowest BCUT2D eigenvalue weighted by Crippen LogP contribution is -2.14. The number of para-hydroxylation sites is 1. The molecule has 0 saturated heterocycles. The maximum atomic E-state index is 13.0. The summed E-state index contributed by atoms with van der Waals surface area (Å²) in [5.41, 5.74) is 1.90. The summed E-state index contributed by atoms with van der Waals surface area (Å²) in [5.74, 6) is 0.647. The first-order valence-corrected chi connectivity index (χ1v) is 10.9. The first-order valence-electron chi connectivity index (χ1n) is 9.93. The van der Waals surface area contributed by atoms with Crippen molar-refractivity contribution in [2.45, 2.75) is 11.8 Å². The van der Waals surface area contributed by atoms with Crippen LogP contribution in [0.5, 0.6) is 5.75 Å². The number of aromatic nitrogens is 3. The van der Waals surface area contributed by atoms with Crippen LogP contribution in [-0.2, 0) is 11.4 Å². The average Bonchev–Trinajstić information content (AvgIpc) is 3.26. The Kier molecular flexibility index (Phi) is 6.97. The molecule has 0 spiro atoms. The zero-order valence-corrected chi connectivity index (χ0v) is 18.1. The summed E-state index contributed by atoms with van der Waals surface area (Å²) in [7, 11) is 0. The van der Waals surface area contributed by atoms with E-state index in [2.05, 4.69) is 21.6 Å².